The molecule has 1 amide bonds. The Hall–Kier alpha value is -4.01. The monoisotopic (exact) mass is 365 g/mol. The number of amides is 1. The van der Waals surface area contributed by atoms with Crippen LogP contribution in [-0.2, 0) is 0 Å². The van der Waals surface area contributed by atoms with E-state index < -0.39 is 5.91 Å². The smallest absolute Gasteiger partial charge is 0.275 e. The van der Waals surface area contributed by atoms with Gasteiger partial charge in [0.05, 0.1) is 5.56 Å². The maximum absolute atomic E-state index is 12.1. The van der Waals surface area contributed by atoms with E-state index in [1.165, 1.54) is 0 Å². The third kappa shape index (κ3) is 3.58. The molecular weight excluding hydrogens is 350 g/mol. The van der Waals surface area contributed by atoms with Gasteiger partial charge in [0.2, 0.25) is 0 Å². The third-order valence-electron chi connectivity index (χ3n) is 4.33. The number of hydroxylamine groups is 1. The number of nitrogens with one attached hydrogen (secondary N) is 1. The highest BCUT2D eigenvalue weighted by Crippen LogP contribution is 2.27. The Balaban J connectivity index is 1.71. The molecule has 4 aromatic rings. The standard InChI is InChI=1S/C23H15N3O2/c27-23(26-28)21-13-20(12-19-9-11-25-15-22(19)21)18-7-5-16(6-8-18)3-4-17-2-1-10-24-14-17/h1-2,5-15,28H,(H,26,27). The molecule has 28 heavy (non-hydrogen) atoms. The van der Waals surface area contributed by atoms with Crippen molar-refractivity contribution in [3.05, 3.63) is 96.1 Å². The summed E-state index contributed by atoms with van der Waals surface area (Å²) in [5.74, 6) is 5.62. The van der Waals surface area contributed by atoms with E-state index in [1.807, 2.05) is 48.5 Å². The molecule has 0 bridgehead atoms. The van der Waals surface area contributed by atoms with Gasteiger partial charge in [0.1, 0.15) is 0 Å². The summed E-state index contributed by atoms with van der Waals surface area (Å²) in [5, 5.41) is 10.6. The van der Waals surface area contributed by atoms with Gasteiger partial charge in [-0.05, 0) is 59.0 Å². The van der Waals surface area contributed by atoms with Crippen molar-refractivity contribution >= 4 is 16.7 Å². The van der Waals surface area contributed by atoms with Gasteiger partial charge in [0, 0.05) is 41.3 Å². The molecule has 2 N–H and O–H groups in total. The minimum absolute atomic E-state index is 0.364. The summed E-state index contributed by atoms with van der Waals surface area (Å²) in [6.07, 6.45) is 6.72. The Morgan fingerprint density at radius 2 is 1.64 bits per heavy atom. The first-order chi connectivity index (χ1) is 13.7. The summed E-state index contributed by atoms with van der Waals surface area (Å²) in [4.78, 5) is 20.2. The summed E-state index contributed by atoms with van der Waals surface area (Å²) < 4.78 is 0. The zero-order valence-electron chi connectivity index (χ0n) is 14.8. The number of carbonyl (C=O) groups excluding carboxylic acids is 1. The van der Waals surface area contributed by atoms with Crippen molar-refractivity contribution in [1.29, 1.82) is 0 Å². The fourth-order valence-electron chi connectivity index (χ4n) is 2.94. The zero-order valence-corrected chi connectivity index (χ0v) is 14.8. The van der Waals surface area contributed by atoms with Crippen LogP contribution in [-0.4, -0.2) is 21.1 Å². The van der Waals surface area contributed by atoms with Crippen molar-refractivity contribution in [2.24, 2.45) is 0 Å². The van der Waals surface area contributed by atoms with E-state index in [1.54, 1.807) is 36.3 Å². The van der Waals surface area contributed by atoms with Crippen molar-refractivity contribution in [2.45, 2.75) is 0 Å². The molecule has 0 aliphatic rings. The Labute approximate surface area is 161 Å². The topological polar surface area (TPSA) is 75.1 Å². The predicted octanol–water partition coefficient (Wildman–Crippen LogP) is 3.82. The maximum Gasteiger partial charge on any atom is 0.275 e. The molecule has 2 aromatic carbocycles. The molecule has 4 rings (SSSR count). The normalized spacial score (nSPS) is 10.2. The second kappa shape index (κ2) is 7.70. The quantitative estimate of drug-likeness (QED) is 0.322. The van der Waals surface area contributed by atoms with Gasteiger partial charge >= 0.3 is 0 Å². The van der Waals surface area contributed by atoms with E-state index in [0.717, 1.165) is 27.6 Å². The molecule has 0 aliphatic carbocycles. The highest BCUT2D eigenvalue weighted by Gasteiger charge is 2.12. The van der Waals surface area contributed by atoms with Gasteiger partial charge < -0.3 is 0 Å². The van der Waals surface area contributed by atoms with Crippen LogP contribution in [0.25, 0.3) is 21.9 Å². The average molecular weight is 365 g/mol. The number of hydrogen-bond acceptors (Lipinski definition) is 4. The van der Waals surface area contributed by atoms with Gasteiger partial charge in [0.15, 0.2) is 0 Å². The van der Waals surface area contributed by atoms with E-state index in [0.29, 0.717) is 10.9 Å². The van der Waals surface area contributed by atoms with E-state index in [9.17, 15) is 4.79 Å². The van der Waals surface area contributed by atoms with E-state index in [2.05, 4.69) is 21.8 Å². The molecule has 0 unspecified atom stereocenters. The van der Waals surface area contributed by atoms with Crippen LogP contribution in [0.3, 0.4) is 0 Å². The summed E-state index contributed by atoms with van der Waals surface area (Å²) in [6, 6.07) is 17.1. The molecule has 0 spiro atoms. The first-order valence-electron chi connectivity index (χ1n) is 8.59. The second-order valence-corrected chi connectivity index (χ2v) is 6.13. The number of hydrogen-bond donors (Lipinski definition) is 2. The van der Waals surface area contributed by atoms with Gasteiger partial charge in [-0.25, -0.2) is 5.48 Å². The van der Waals surface area contributed by atoms with Crippen molar-refractivity contribution in [2.75, 3.05) is 0 Å². The highest BCUT2D eigenvalue weighted by molar-refractivity contribution is 6.08. The minimum atomic E-state index is -0.571. The van der Waals surface area contributed by atoms with Gasteiger partial charge in [-0.2, -0.15) is 0 Å². The number of rotatable bonds is 2. The molecule has 0 fully saturated rings. The fourth-order valence-corrected chi connectivity index (χ4v) is 2.94. The molecule has 0 saturated carbocycles. The fraction of sp³-hybridized carbons (Fsp3) is 0. The lowest BCUT2D eigenvalue weighted by Crippen LogP contribution is -2.19. The number of carbonyl (C=O) groups is 1. The molecule has 2 heterocycles. The number of nitrogens with zero attached hydrogens (tertiary/aromatic N) is 2. The molecule has 5 nitrogen and oxygen atoms in total. The molecule has 134 valence electrons. The average Bonchev–Trinajstić information content (AvgIpc) is 2.77. The molecule has 0 radical (unpaired) electrons. The van der Waals surface area contributed by atoms with Crippen LogP contribution in [0.4, 0.5) is 0 Å². The van der Waals surface area contributed by atoms with Crippen LogP contribution < -0.4 is 5.48 Å². The number of fused-ring (bicyclic) bond motifs is 1. The largest absolute Gasteiger partial charge is 0.288 e. The highest BCUT2D eigenvalue weighted by atomic mass is 16.5. The Kier molecular flexibility index (Phi) is 4.79. The lowest BCUT2D eigenvalue weighted by molar-refractivity contribution is 0.0708. The maximum atomic E-state index is 12.1. The molecule has 2 aromatic heterocycles. The van der Waals surface area contributed by atoms with Crippen molar-refractivity contribution < 1.29 is 10.0 Å². The third-order valence-corrected chi connectivity index (χ3v) is 4.33. The first kappa shape index (κ1) is 17.4. The molecule has 0 saturated heterocycles. The van der Waals surface area contributed by atoms with Crippen LogP contribution in [0.2, 0.25) is 0 Å². The van der Waals surface area contributed by atoms with Crippen molar-refractivity contribution in [3.8, 4) is 23.0 Å². The summed E-state index contributed by atoms with van der Waals surface area (Å²) in [7, 11) is 0. The van der Waals surface area contributed by atoms with Gasteiger partial charge in [-0.3, -0.25) is 20.0 Å². The Morgan fingerprint density at radius 3 is 2.39 bits per heavy atom. The first-order valence-corrected chi connectivity index (χ1v) is 8.59. The molecule has 5 heteroatoms. The number of benzene rings is 2. The van der Waals surface area contributed by atoms with Gasteiger partial charge in [0.25, 0.3) is 5.91 Å². The molecule has 0 aliphatic heterocycles. The van der Waals surface area contributed by atoms with Crippen LogP contribution in [0, 0.1) is 11.8 Å². The van der Waals surface area contributed by atoms with E-state index in [-0.39, 0.29) is 0 Å². The summed E-state index contributed by atoms with van der Waals surface area (Å²) in [5.41, 5.74) is 5.61. The predicted molar refractivity (Wildman–Crippen MR) is 107 cm³/mol. The van der Waals surface area contributed by atoms with E-state index >= 15 is 0 Å². The second-order valence-electron chi connectivity index (χ2n) is 6.13. The molecule has 0 atom stereocenters. The zero-order chi connectivity index (χ0) is 19.3. The van der Waals surface area contributed by atoms with Crippen molar-refractivity contribution in [3.63, 3.8) is 0 Å². The molecular formula is C23H15N3O2. The lowest BCUT2D eigenvalue weighted by Gasteiger charge is -2.09. The van der Waals surface area contributed by atoms with Gasteiger partial charge in [-0.15, -0.1) is 0 Å². The minimum Gasteiger partial charge on any atom is -0.288 e. The van der Waals surface area contributed by atoms with Crippen molar-refractivity contribution in [1.82, 2.24) is 15.4 Å². The number of aromatic nitrogens is 2. The SMILES string of the molecule is O=C(NO)c1cc(-c2ccc(C#Cc3cccnc3)cc2)cc2ccncc12. The summed E-state index contributed by atoms with van der Waals surface area (Å²) >= 11 is 0. The summed E-state index contributed by atoms with van der Waals surface area (Å²) in [6.45, 7) is 0. The van der Waals surface area contributed by atoms with E-state index in [4.69, 9.17) is 5.21 Å². The van der Waals surface area contributed by atoms with Crippen LogP contribution in [0.15, 0.2) is 79.4 Å². The van der Waals surface area contributed by atoms with Crippen LogP contribution >= 0.6 is 0 Å². The van der Waals surface area contributed by atoms with Gasteiger partial charge in [-0.1, -0.05) is 24.0 Å². The lowest BCUT2D eigenvalue weighted by atomic mass is 9.97. The Morgan fingerprint density at radius 1 is 0.857 bits per heavy atom. The Bertz CT molecular complexity index is 1210. The van der Waals surface area contributed by atoms with Crippen LogP contribution in [0.1, 0.15) is 21.5 Å². The number of pyridine rings is 2. The van der Waals surface area contributed by atoms with Crippen LogP contribution in [0.5, 0.6) is 0 Å².